The van der Waals surface area contributed by atoms with Crippen LogP contribution in [0.25, 0.3) is 0 Å². The Morgan fingerprint density at radius 3 is 2.75 bits per heavy atom. The van der Waals surface area contributed by atoms with Crippen molar-refractivity contribution in [1.29, 1.82) is 0 Å². The quantitative estimate of drug-likeness (QED) is 0.869. The van der Waals surface area contributed by atoms with Gasteiger partial charge in [0.25, 0.3) is 0 Å². The Morgan fingerprint density at radius 1 is 1.62 bits per heavy atom. The van der Waals surface area contributed by atoms with Crippen LogP contribution in [0.4, 0.5) is 4.39 Å². The van der Waals surface area contributed by atoms with E-state index in [0.717, 1.165) is 0 Å². The molecular formula is C11H13BrFNO2. The number of ether oxygens (including phenoxy) is 1. The highest BCUT2D eigenvalue weighted by atomic mass is 79.9. The molecule has 88 valence electrons. The fraction of sp³-hybridized carbons (Fsp3) is 0.364. The summed E-state index contributed by atoms with van der Waals surface area (Å²) < 4.78 is 18.9. The van der Waals surface area contributed by atoms with E-state index in [0.29, 0.717) is 4.47 Å². The van der Waals surface area contributed by atoms with Crippen LogP contribution in [0, 0.1) is 5.82 Å². The summed E-state index contributed by atoms with van der Waals surface area (Å²) in [6.45, 7) is 3.30. The highest BCUT2D eigenvalue weighted by molar-refractivity contribution is 9.10. The largest absolute Gasteiger partial charge is 0.464 e. The summed E-state index contributed by atoms with van der Waals surface area (Å²) in [4.78, 5) is 11.6. The van der Waals surface area contributed by atoms with Gasteiger partial charge in [-0.3, -0.25) is 0 Å². The van der Waals surface area contributed by atoms with Crippen LogP contribution >= 0.6 is 15.9 Å². The van der Waals surface area contributed by atoms with Gasteiger partial charge in [-0.05, 0) is 26.0 Å². The third-order valence-corrected chi connectivity index (χ3v) is 2.84. The highest BCUT2D eigenvalue weighted by Crippen LogP contribution is 2.29. The summed E-state index contributed by atoms with van der Waals surface area (Å²) in [6.07, 6.45) is 0. The summed E-state index contributed by atoms with van der Waals surface area (Å²) in [6, 6.07) is 4.41. The zero-order valence-electron chi connectivity index (χ0n) is 9.09. The minimum atomic E-state index is -1.50. The van der Waals surface area contributed by atoms with E-state index in [1.165, 1.54) is 19.1 Å². The Bertz CT molecular complexity index is 387. The lowest BCUT2D eigenvalue weighted by molar-refractivity contribution is -0.149. The van der Waals surface area contributed by atoms with E-state index >= 15 is 0 Å². The van der Waals surface area contributed by atoms with Gasteiger partial charge >= 0.3 is 5.97 Å². The predicted molar refractivity (Wildman–Crippen MR) is 62.3 cm³/mol. The summed E-state index contributed by atoms with van der Waals surface area (Å²) in [5, 5.41) is 0. The van der Waals surface area contributed by atoms with Gasteiger partial charge in [0.1, 0.15) is 11.4 Å². The lowest BCUT2D eigenvalue weighted by atomic mass is 9.93. The van der Waals surface area contributed by atoms with Crippen molar-refractivity contribution in [3.8, 4) is 0 Å². The van der Waals surface area contributed by atoms with Crippen molar-refractivity contribution in [3.63, 3.8) is 0 Å². The molecule has 5 heteroatoms. The molecule has 0 aliphatic carbocycles. The third kappa shape index (κ3) is 2.41. The Kier molecular flexibility index (Phi) is 4.04. The summed E-state index contributed by atoms with van der Waals surface area (Å²) >= 11 is 3.17. The number of hydrogen-bond acceptors (Lipinski definition) is 3. The topological polar surface area (TPSA) is 52.3 Å². The SMILES string of the molecule is CCOC(=O)C(C)(N)c1c(F)cccc1Br. The second-order valence-corrected chi connectivity index (χ2v) is 4.37. The fourth-order valence-electron chi connectivity index (χ4n) is 1.38. The van der Waals surface area contributed by atoms with Crippen molar-refractivity contribution in [2.45, 2.75) is 19.4 Å². The van der Waals surface area contributed by atoms with E-state index < -0.39 is 17.3 Å². The Morgan fingerprint density at radius 2 is 2.25 bits per heavy atom. The number of halogens is 2. The molecule has 0 radical (unpaired) electrons. The van der Waals surface area contributed by atoms with Gasteiger partial charge in [0.2, 0.25) is 0 Å². The molecule has 0 aliphatic heterocycles. The number of benzene rings is 1. The molecule has 1 aromatic carbocycles. The van der Waals surface area contributed by atoms with Crippen molar-refractivity contribution < 1.29 is 13.9 Å². The number of esters is 1. The van der Waals surface area contributed by atoms with E-state index in [1.807, 2.05) is 0 Å². The molecule has 0 heterocycles. The smallest absolute Gasteiger partial charge is 0.330 e. The second-order valence-electron chi connectivity index (χ2n) is 3.52. The first-order chi connectivity index (χ1) is 7.41. The van der Waals surface area contributed by atoms with Crippen LogP contribution in [-0.4, -0.2) is 12.6 Å². The lowest BCUT2D eigenvalue weighted by Crippen LogP contribution is -2.44. The molecule has 1 aromatic rings. The Labute approximate surface area is 102 Å². The van der Waals surface area contributed by atoms with Gasteiger partial charge < -0.3 is 10.5 Å². The van der Waals surface area contributed by atoms with Crippen molar-refractivity contribution >= 4 is 21.9 Å². The van der Waals surface area contributed by atoms with Gasteiger partial charge in [0.15, 0.2) is 0 Å². The van der Waals surface area contributed by atoms with E-state index in [9.17, 15) is 9.18 Å². The predicted octanol–water partition coefficient (Wildman–Crippen LogP) is 2.33. The number of carbonyl (C=O) groups is 1. The van der Waals surface area contributed by atoms with Crippen LogP contribution in [-0.2, 0) is 15.1 Å². The van der Waals surface area contributed by atoms with Gasteiger partial charge in [-0.2, -0.15) is 0 Å². The van der Waals surface area contributed by atoms with Crippen molar-refractivity contribution in [3.05, 3.63) is 34.1 Å². The van der Waals surface area contributed by atoms with Crippen molar-refractivity contribution in [2.75, 3.05) is 6.61 Å². The van der Waals surface area contributed by atoms with Crippen LogP contribution < -0.4 is 5.73 Å². The maximum Gasteiger partial charge on any atom is 0.330 e. The first-order valence-corrected chi connectivity index (χ1v) is 5.61. The number of nitrogens with two attached hydrogens (primary N) is 1. The number of carbonyl (C=O) groups excluding carboxylic acids is 1. The molecule has 0 saturated heterocycles. The second kappa shape index (κ2) is 4.93. The normalized spacial score (nSPS) is 14.3. The minimum absolute atomic E-state index is 0.105. The molecule has 1 atom stereocenters. The molecule has 2 N–H and O–H groups in total. The van der Waals surface area contributed by atoms with Crippen LogP contribution in [0.15, 0.2) is 22.7 Å². The first-order valence-electron chi connectivity index (χ1n) is 4.81. The van der Waals surface area contributed by atoms with Crippen LogP contribution in [0.1, 0.15) is 19.4 Å². The molecule has 0 aliphatic rings. The van der Waals surface area contributed by atoms with E-state index in [1.54, 1.807) is 13.0 Å². The number of hydrogen-bond donors (Lipinski definition) is 1. The first kappa shape index (κ1) is 13.1. The van der Waals surface area contributed by atoms with Crippen molar-refractivity contribution in [2.24, 2.45) is 5.73 Å². The van der Waals surface area contributed by atoms with Crippen LogP contribution in [0.2, 0.25) is 0 Å². The van der Waals surface area contributed by atoms with Crippen LogP contribution in [0.3, 0.4) is 0 Å². The van der Waals surface area contributed by atoms with E-state index in [-0.39, 0.29) is 12.2 Å². The molecule has 0 bridgehead atoms. The Balaban J connectivity index is 3.21. The maximum atomic E-state index is 13.6. The maximum absolute atomic E-state index is 13.6. The van der Waals surface area contributed by atoms with E-state index in [4.69, 9.17) is 10.5 Å². The molecule has 16 heavy (non-hydrogen) atoms. The van der Waals surface area contributed by atoms with Gasteiger partial charge in [0, 0.05) is 10.0 Å². The standard InChI is InChI=1S/C11H13BrFNO2/c1-3-16-10(15)11(2,14)9-7(12)5-4-6-8(9)13/h4-6H,3,14H2,1-2H3. The summed E-state index contributed by atoms with van der Waals surface area (Å²) in [7, 11) is 0. The minimum Gasteiger partial charge on any atom is -0.464 e. The van der Waals surface area contributed by atoms with Crippen LogP contribution in [0.5, 0.6) is 0 Å². The fourth-order valence-corrected chi connectivity index (χ4v) is 2.13. The molecule has 1 unspecified atom stereocenters. The average molecular weight is 290 g/mol. The van der Waals surface area contributed by atoms with Crippen molar-refractivity contribution in [1.82, 2.24) is 0 Å². The highest BCUT2D eigenvalue weighted by Gasteiger charge is 2.36. The lowest BCUT2D eigenvalue weighted by Gasteiger charge is -2.24. The van der Waals surface area contributed by atoms with Gasteiger partial charge in [0.05, 0.1) is 6.61 Å². The average Bonchev–Trinajstić information content (AvgIpc) is 2.17. The monoisotopic (exact) mass is 289 g/mol. The van der Waals surface area contributed by atoms with E-state index in [2.05, 4.69) is 15.9 Å². The van der Waals surface area contributed by atoms with Gasteiger partial charge in [-0.25, -0.2) is 9.18 Å². The summed E-state index contributed by atoms with van der Waals surface area (Å²) in [5.41, 5.74) is 4.43. The molecule has 1 rings (SSSR count). The molecule has 0 aromatic heterocycles. The molecule has 0 fully saturated rings. The Hall–Kier alpha value is -0.940. The molecule has 0 amide bonds. The molecule has 3 nitrogen and oxygen atoms in total. The molecular weight excluding hydrogens is 277 g/mol. The third-order valence-electron chi connectivity index (χ3n) is 2.18. The zero-order chi connectivity index (χ0) is 12.3. The summed E-state index contributed by atoms with van der Waals surface area (Å²) in [5.74, 6) is -1.19. The molecule has 0 spiro atoms. The molecule has 0 saturated carbocycles. The van der Waals surface area contributed by atoms with Gasteiger partial charge in [-0.15, -0.1) is 0 Å². The number of rotatable bonds is 3. The van der Waals surface area contributed by atoms with Gasteiger partial charge in [-0.1, -0.05) is 22.0 Å². The zero-order valence-corrected chi connectivity index (χ0v) is 10.7.